The summed E-state index contributed by atoms with van der Waals surface area (Å²) in [6.45, 7) is 2.12. The summed E-state index contributed by atoms with van der Waals surface area (Å²) in [5.74, 6) is -0.182. The van der Waals surface area contributed by atoms with E-state index < -0.39 is 4.92 Å². The maximum Gasteiger partial charge on any atom is 0.433 e. The lowest BCUT2D eigenvalue weighted by Gasteiger charge is -1.97. The first-order valence-electron chi connectivity index (χ1n) is 5.34. The first-order chi connectivity index (χ1) is 7.72. The Balaban J connectivity index is 2.45. The maximum atomic E-state index is 10.6. The van der Waals surface area contributed by atoms with Crippen molar-refractivity contribution < 1.29 is 4.92 Å². The number of aryl methyl sites for hydroxylation is 1. The minimum Gasteiger partial charge on any atom is -0.390 e. The van der Waals surface area contributed by atoms with Gasteiger partial charge in [0.2, 0.25) is 0 Å². The number of aromatic nitrogens is 2. The van der Waals surface area contributed by atoms with Gasteiger partial charge in [0.15, 0.2) is 5.52 Å². The largest absolute Gasteiger partial charge is 0.433 e. The molecule has 0 saturated carbocycles. The van der Waals surface area contributed by atoms with Gasteiger partial charge < -0.3 is 10.1 Å². The summed E-state index contributed by atoms with van der Waals surface area (Å²) in [6.07, 6.45) is 3.08. The van der Waals surface area contributed by atoms with Crippen LogP contribution in [0, 0.1) is 10.1 Å². The number of nitro groups is 1. The monoisotopic (exact) mass is 219 g/mol. The average Bonchev–Trinajstić information content (AvgIpc) is 2.70. The third-order valence-corrected chi connectivity index (χ3v) is 2.56. The summed E-state index contributed by atoms with van der Waals surface area (Å²) in [5.41, 5.74) is 2.53. The number of aromatic amines is 1. The molecule has 2 rings (SSSR count). The number of para-hydroxylation sites is 1. The second kappa shape index (κ2) is 4.30. The van der Waals surface area contributed by atoms with Crippen molar-refractivity contribution in [2.24, 2.45) is 0 Å². The van der Waals surface area contributed by atoms with Gasteiger partial charge in [0, 0.05) is 0 Å². The molecule has 1 N–H and O–H groups in total. The second-order valence-corrected chi connectivity index (χ2v) is 3.73. The fraction of sp³-hybridized carbons (Fsp3) is 0.364. The minimum atomic E-state index is -0.496. The second-order valence-electron chi connectivity index (χ2n) is 3.73. The number of unbranched alkanes of at least 4 members (excludes halogenated alkanes) is 1. The standard InChI is InChI=1S/C11H13N3O2/c1-2-3-5-8-6-4-7-9-10(8)13-11(12-9)14(15)16/h4,6-7H,2-3,5H2,1H3,(H,12,13). The summed E-state index contributed by atoms with van der Waals surface area (Å²) < 4.78 is 0. The molecule has 2 aromatic rings. The molecule has 1 heterocycles. The molecule has 0 radical (unpaired) electrons. The topological polar surface area (TPSA) is 71.8 Å². The number of hydrogen-bond acceptors (Lipinski definition) is 3. The highest BCUT2D eigenvalue weighted by Crippen LogP contribution is 2.21. The Morgan fingerprint density at radius 1 is 1.50 bits per heavy atom. The molecule has 0 atom stereocenters. The van der Waals surface area contributed by atoms with E-state index in [-0.39, 0.29) is 5.95 Å². The zero-order valence-electron chi connectivity index (χ0n) is 9.06. The van der Waals surface area contributed by atoms with E-state index in [1.807, 2.05) is 18.2 Å². The molecule has 16 heavy (non-hydrogen) atoms. The predicted octanol–water partition coefficient (Wildman–Crippen LogP) is 2.81. The van der Waals surface area contributed by atoms with Crippen LogP contribution in [0.25, 0.3) is 11.0 Å². The lowest BCUT2D eigenvalue weighted by Crippen LogP contribution is -1.89. The van der Waals surface area contributed by atoms with Crippen molar-refractivity contribution in [1.29, 1.82) is 0 Å². The van der Waals surface area contributed by atoms with Gasteiger partial charge in [-0.2, -0.15) is 0 Å². The summed E-state index contributed by atoms with van der Waals surface area (Å²) in [6, 6.07) is 5.68. The Morgan fingerprint density at radius 2 is 2.31 bits per heavy atom. The number of imidazole rings is 1. The zero-order chi connectivity index (χ0) is 11.5. The molecule has 0 bridgehead atoms. The van der Waals surface area contributed by atoms with E-state index in [0.29, 0.717) is 0 Å². The normalized spacial score (nSPS) is 10.8. The Hall–Kier alpha value is -1.91. The Morgan fingerprint density at radius 3 is 3.00 bits per heavy atom. The van der Waals surface area contributed by atoms with E-state index in [2.05, 4.69) is 16.9 Å². The summed E-state index contributed by atoms with van der Waals surface area (Å²) in [7, 11) is 0. The van der Waals surface area contributed by atoms with Crippen molar-refractivity contribution in [2.45, 2.75) is 26.2 Å². The SMILES string of the molecule is CCCCc1cccc2[nH]c([N+](=O)[O-])nc12. The highest BCUT2D eigenvalue weighted by atomic mass is 16.6. The van der Waals surface area contributed by atoms with Crippen molar-refractivity contribution in [3.8, 4) is 0 Å². The van der Waals surface area contributed by atoms with Gasteiger partial charge in [-0.1, -0.05) is 30.5 Å². The molecule has 0 aliphatic rings. The molecule has 0 aliphatic carbocycles. The van der Waals surface area contributed by atoms with Crippen LogP contribution in [0.15, 0.2) is 18.2 Å². The first kappa shape index (κ1) is 10.6. The Labute approximate surface area is 92.7 Å². The van der Waals surface area contributed by atoms with Crippen molar-refractivity contribution in [3.63, 3.8) is 0 Å². The highest BCUT2D eigenvalue weighted by Gasteiger charge is 2.15. The quantitative estimate of drug-likeness (QED) is 0.634. The molecule has 0 aliphatic heterocycles. The lowest BCUT2D eigenvalue weighted by molar-refractivity contribution is -0.393. The average molecular weight is 219 g/mol. The van der Waals surface area contributed by atoms with Gasteiger partial charge >= 0.3 is 5.95 Å². The van der Waals surface area contributed by atoms with Crippen LogP contribution < -0.4 is 0 Å². The number of nitrogens with one attached hydrogen (secondary N) is 1. The maximum absolute atomic E-state index is 10.6. The molecule has 0 spiro atoms. The van der Waals surface area contributed by atoms with Gasteiger partial charge in [0.05, 0.1) is 0 Å². The summed E-state index contributed by atoms with van der Waals surface area (Å²) >= 11 is 0. The van der Waals surface area contributed by atoms with Crippen LogP contribution in [0.3, 0.4) is 0 Å². The number of fused-ring (bicyclic) bond motifs is 1. The van der Waals surface area contributed by atoms with Crippen LogP contribution in [0.1, 0.15) is 25.3 Å². The molecule has 84 valence electrons. The van der Waals surface area contributed by atoms with Crippen LogP contribution in [0.4, 0.5) is 5.95 Å². The van der Waals surface area contributed by atoms with Crippen molar-refractivity contribution in [2.75, 3.05) is 0 Å². The smallest absolute Gasteiger partial charge is 0.390 e. The van der Waals surface area contributed by atoms with Gasteiger partial charge in [-0.25, -0.2) is 4.98 Å². The fourth-order valence-corrected chi connectivity index (χ4v) is 1.73. The molecular formula is C11H13N3O2. The van der Waals surface area contributed by atoms with E-state index in [9.17, 15) is 10.1 Å². The van der Waals surface area contributed by atoms with Crippen LogP contribution in [-0.4, -0.2) is 14.9 Å². The van der Waals surface area contributed by atoms with Crippen LogP contribution >= 0.6 is 0 Å². The summed E-state index contributed by atoms with van der Waals surface area (Å²) in [5, 5.41) is 10.6. The third-order valence-electron chi connectivity index (χ3n) is 2.56. The van der Waals surface area contributed by atoms with E-state index in [1.54, 1.807) is 0 Å². The fourth-order valence-electron chi connectivity index (χ4n) is 1.73. The zero-order valence-corrected chi connectivity index (χ0v) is 9.06. The van der Waals surface area contributed by atoms with Crippen LogP contribution in [-0.2, 0) is 6.42 Å². The van der Waals surface area contributed by atoms with E-state index >= 15 is 0 Å². The lowest BCUT2D eigenvalue weighted by atomic mass is 10.1. The number of rotatable bonds is 4. The van der Waals surface area contributed by atoms with Crippen molar-refractivity contribution >= 4 is 17.0 Å². The van der Waals surface area contributed by atoms with Gasteiger partial charge in [-0.3, -0.25) is 0 Å². The molecule has 5 heteroatoms. The van der Waals surface area contributed by atoms with Gasteiger partial charge in [0.1, 0.15) is 5.52 Å². The molecule has 1 aromatic carbocycles. The van der Waals surface area contributed by atoms with Crippen molar-refractivity contribution in [1.82, 2.24) is 9.97 Å². The molecular weight excluding hydrogens is 206 g/mol. The number of benzene rings is 1. The number of nitrogens with zero attached hydrogens (tertiary/aromatic N) is 2. The van der Waals surface area contributed by atoms with Crippen molar-refractivity contribution in [3.05, 3.63) is 33.9 Å². The Kier molecular flexibility index (Phi) is 2.85. The predicted molar refractivity (Wildman–Crippen MR) is 61.4 cm³/mol. The minimum absolute atomic E-state index is 0.182. The van der Waals surface area contributed by atoms with Gasteiger partial charge in [0.25, 0.3) is 0 Å². The van der Waals surface area contributed by atoms with E-state index in [0.717, 1.165) is 35.9 Å². The van der Waals surface area contributed by atoms with Crippen LogP contribution in [0.5, 0.6) is 0 Å². The molecule has 5 nitrogen and oxygen atoms in total. The van der Waals surface area contributed by atoms with Gasteiger partial charge in [-0.15, -0.1) is 0 Å². The highest BCUT2D eigenvalue weighted by molar-refractivity contribution is 5.80. The number of hydrogen-bond donors (Lipinski definition) is 1. The first-order valence-corrected chi connectivity index (χ1v) is 5.34. The Bertz CT molecular complexity index is 519. The molecule has 0 unspecified atom stereocenters. The summed E-state index contributed by atoms with van der Waals surface area (Å²) in [4.78, 5) is 16.8. The van der Waals surface area contributed by atoms with Crippen LogP contribution in [0.2, 0.25) is 0 Å². The van der Waals surface area contributed by atoms with E-state index in [4.69, 9.17) is 0 Å². The third kappa shape index (κ3) is 1.88. The van der Waals surface area contributed by atoms with E-state index in [1.165, 1.54) is 0 Å². The number of H-pyrrole nitrogens is 1. The molecule has 1 aromatic heterocycles. The molecule has 0 saturated heterocycles. The molecule has 0 fully saturated rings. The molecule has 0 amide bonds. The van der Waals surface area contributed by atoms with Gasteiger partial charge in [-0.05, 0) is 29.4 Å².